The van der Waals surface area contributed by atoms with Crippen LogP contribution in [0.25, 0.3) is 44.8 Å². The number of para-hydroxylation sites is 4. The Morgan fingerprint density at radius 1 is 0.441 bits per heavy atom. The molecule has 2 heterocycles. The summed E-state index contributed by atoms with van der Waals surface area (Å²) in [7, 11) is 0. The van der Waals surface area contributed by atoms with Crippen molar-refractivity contribution in [3.8, 4) is 11.1 Å². The minimum absolute atomic E-state index is 0.136. The zero-order chi connectivity index (χ0) is 39.2. The van der Waals surface area contributed by atoms with Crippen LogP contribution in [-0.4, -0.2) is 0 Å². The maximum Gasteiger partial charge on any atom is 0.0601 e. The summed E-state index contributed by atoms with van der Waals surface area (Å²) in [6, 6.07) is 67.5. The molecule has 0 saturated carbocycles. The van der Waals surface area contributed by atoms with Gasteiger partial charge in [0.2, 0.25) is 0 Å². The molecule has 9 aromatic rings. The lowest BCUT2D eigenvalue weighted by atomic mass is 9.81. The van der Waals surface area contributed by atoms with Gasteiger partial charge in [0.15, 0.2) is 0 Å². The van der Waals surface area contributed by atoms with Crippen molar-refractivity contribution in [2.24, 2.45) is 0 Å². The highest BCUT2D eigenvalue weighted by atomic mass is 32.2. The van der Waals surface area contributed by atoms with Gasteiger partial charge < -0.3 is 9.80 Å². The summed E-state index contributed by atoms with van der Waals surface area (Å²) in [5.74, 6) is 0. The summed E-state index contributed by atoms with van der Waals surface area (Å²) in [6.45, 7) is 4.76. The highest BCUT2D eigenvalue weighted by Crippen LogP contribution is 2.53. The molecular weight excluding hydrogens is 733 g/mol. The van der Waals surface area contributed by atoms with Gasteiger partial charge in [-0.1, -0.05) is 153 Å². The Bertz CT molecular complexity index is 3140. The number of hydrogen-bond donors (Lipinski definition) is 0. The molecule has 0 atom stereocenters. The number of rotatable bonds is 4. The van der Waals surface area contributed by atoms with Crippen molar-refractivity contribution in [3.63, 3.8) is 0 Å². The molecule has 12 rings (SSSR count). The molecule has 0 saturated heterocycles. The quantitative estimate of drug-likeness (QED) is 0.130. The first-order valence-corrected chi connectivity index (χ1v) is 21.4. The summed E-state index contributed by atoms with van der Waals surface area (Å²) in [5, 5.41) is 5.03. The molecule has 0 N–H and O–H groups in total. The van der Waals surface area contributed by atoms with Crippen LogP contribution in [0.5, 0.6) is 0 Å². The molecule has 0 spiro atoms. The van der Waals surface area contributed by atoms with E-state index >= 15 is 0 Å². The maximum atomic E-state index is 2.46. The van der Waals surface area contributed by atoms with Gasteiger partial charge in [-0.15, -0.1) is 0 Å². The molecule has 2 aliphatic heterocycles. The van der Waals surface area contributed by atoms with Crippen molar-refractivity contribution >= 4 is 79.6 Å². The predicted octanol–water partition coefficient (Wildman–Crippen LogP) is 15.8. The van der Waals surface area contributed by atoms with Crippen molar-refractivity contribution in [2.75, 3.05) is 9.80 Å². The SMILES string of the molecule is CC1(C)c2cc(/C=C/c3ccc4c(ccc5cc(N6c7ccccc7Sc7ccccc76)ccc54)c3)ccc2-c2ccc(N3c4ccccc4Cc4ccccc43)cc21. The van der Waals surface area contributed by atoms with Crippen LogP contribution in [-0.2, 0) is 11.8 Å². The van der Waals surface area contributed by atoms with E-state index in [2.05, 4.69) is 218 Å². The molecule has 0 unspecified atom stereocenters. The number of anilines is 6. The molecule has 59 heavy (non-hydrogen) atoms. The Morgan fingerprint density at radius 3 is 1.59 bits per heavy atom. The van der Waals surface area contributed by atoms with E-state index in [0.717, 1.165) is 6.42 Å². The first-order chi connectivity index (χ1) is 29.0. The minimum atomic E-state index is -0.136. The molecule has 0 amide bonds. The zero-order valence-corrected chi connectivity index (χ0v) is 33.8. The Labute approximate surface area is 349 Å². The molecule has 0 bridgehead atoms. The van der Waals surface area contributed by atoms with Crippen LogP contribution in [0.3, 0.4) is 0 Å². The van der Waals surface area contributed by atoms with Gasteiger partial charge in [0, 0.05) is 44.4 Å². The van der Waals surface area contributed by atoms with E-state index in [0.29, 0.717) is 0 Å². The van der Waals surface area contributed by atoms with Crippen molar-refractivity contribution in [3.05, 3.63) is 215 Å². The normalized spacial score (nSPS) is 14.5. The lowest BCUT2D eigenvalue weighted by Gasteiger charge is -2.34. The lowest BCUT2D eigenvalue weighted by Crippen LogP contribution is -2.20. The van der Waals surface area contributed by atoms with Gasteiger partial charge in [0.05, 0.1) is 11.4 Å². The molecule has 0 fully saturated rings. The summed E-state index contributed by atoms with van der Waals surface area (Å²) < 4.78 is 0. The Hall–Kier alpha value is -6.81. The standard InChI is InChI=1S/C56H40N2S/c1-56(2)48-32-37(22-28-46(48)47-30-26-43(35-49(47)56)57-50-13-5-3-11-40(50)33-41-12-4-6-14-51(41)57)20-19-36-21-27-44-38(31-36)23-24-39-34-42(25-29-45(39)44)58-52-15-7-9-17-54(52)59-55-18-10-8-16-53(55)58/h3-32,34-35H,33H2,1-2H3/b20-19+. The average Bonchev–Trinajstić information content (AvgIpc) is 3.50. The third-order valence-electron chi connectivity index (χ3n) is 12.8. The highest BCUT2D eigenvalue weighted by Gasteiger charge is 2.36. The molecule has 1 aliphatic carbocycles. The number of nitrogens with zero attached hydrogens (tertiary/aromatic N) is 2. The van der Waals surface area contributed by atoms with E-state index in [1.807, 2.05) is 11.8 Å². The molecular formula is C56H40N2S. The second kappa shape index (κ2) is 13.1. The molecule has 0 radical (unpaired) electrons. The average molecular weight is 773 g/mol. The smallest absolute Gasteiger partial charge is 0.0601 e. The molecule has 2 nitrogen and oxygen atoms in total. The Morgan fingerprint density at radius 2 is 0.915 bits per heavy atom. The largest absolute Gasteiger partial charge is 0.310 e. The summed E-state index contributed by atoms with van der Waals surface area (Å²) in [4.78, 5) is 7.42. The van der Waals surface area contributed by atoms with E-state index in [-0.39, 0.29) is 5.41 Å². The van der Waals surface area contributed by atoms with Gasteiger partial charge >= 0.3 is 0 Å². The number of fused-ring (bicyclic) bond motifs is 10. The van der Waals surface area contributed by atoms with Gasteiger partial charge in [-0.25, -0.2) is 0 Å². The minimum Gasteiger partial charge on any atom is -0.310 e. The molecule has 3 heteroatoms. The van der Waals surface area contributed by atoms with E-state index in [1.54, 1.807) is 0 Å². The lowest BCUT2D eigenvalue weighted by molar-refractivity contribution is 0.660. The topological polar surface area (TPSA) is 6.48 Å². The molecule has 0 aromatic heterocycles. The van der Waals surface area contributed by atoms with Gasteiger partial charge in [0.1, 0.15) is 0 Å². The van der Waals surface area contributed by atoms with E-state index in [9.17, 15) is 0 Å². The molecule has 3 aliphatic rings. The summed E-state index contributed by atoms with van der Waals surface area (Å²) in [5.41, 5.74) is 17.8. The fraction of sp³-hybridized carbons (Fsp3) is 0.0714. The van der Waals surface area contributed by atoms with E-state index in [4.69, 9.17) is 0 Å². The third-order valence-corrected chi connectivity index (χ3v) is 13.9. The first kappa shape index (κ1) is 34.3. The number of hydrogen-bond acceptors (Lipinski definition) is 3. The van der Waals surface area contributed by atoms with Crippen LogP contribution >= 0.6 is 11.8 Å². The van der Waals surface area contributed by atoms with Crippen molar-refractivity contribution in [1.29, 1.82) is 0 Å². The first-order valence-electron chi connectivity index (χ1n) is 20.5. The monoisotopic (exact) mass is 772 g/mol. The Kier molecular flexibility index (Phi) is 7.61. The molecule has 9 aromatic carbocycles. The van der Waals surface area contributed by atoms with Crippen LogP contribution in [0.15, 0.2) is 192 Å². The second-order valence-corrected chi connectivity index (χ2v) is 17.7. The van der Waals surface area contributed by atoms with E-state index < -0.39 is 0 Å². The van der Waals surface area contributed by atoms with E-state index in [1.165, 1.54) is 110 Å². The third kappa shape index (κ3) is 5.42. The summed E-state index contributed by atoms with van der Waals surface area (Å²) >= 11 is 1.85. The zero-order valence-electron chi connectivity index (χ0n) is 33.0. The van der Waals surface area contributed by atoms with Crippen molar-refractivity contribution in [1.82, 2.24) is 0 Å². The van der Waals surface area contributed by atoms with Crippen molar-refractivity contribution < 1.29 is 0 Å². The highest BCUT2D eigenvalue weighted by molar-refractivity contribution is 7.99. The Balaban J connectivity index is 0.841. The fourth-order valence-electron chi connectivity index (χ4n) is 9.85. The fourth-order valence-corrected chi connectivity index (χ4v) is 10.9. The van der Waals surface area contributed by atoms with Crippen LogP contribution in [0.1, 0.15) is 47.2 Å². The van der Waals surface area contributed by atoms with Crippen LogP contribution in [0.4, 0.5) is 34.1 Å². The van der Waals surface area contributed by atoms with Gasteiger partial charge in [-0.05, 0) is 133 Å². The van der Waals surface area contributed by atoms with Crippen LogP contribution in [0, 0.1) is 0 Å². The number of benzene rings is 9. The van der Waals surface area contributed by atoms with Gasteiger partial charge in [-0.2, -0.15) is 0 Å². The predicted molar refractivity (Wildman–Crippen MR) is 251 cm³/mol. The molecule has 280 valence electrons. The van der Waals surface area contributed by atoms with Crippen LogP contribution in [0.2, 0.25) is 0 Å². The van der Waals surface area contributed by atoms with Gasteiger partial charge in [-0.3, -0.25) is 0 Å². The maximum absolute atomic E-state index is 2.46. The van der Waals surface area contributed by atoms with Crippen molar-refractivity contribution in [2.45, 2.75) is 35.5 Å². The van der Waals surface area contributed by atoms with Crippen LogP contribution < -0.4 is 9.80 Å². The second-order valence-electron chi connectivity index (χ2n) is 16.6. The van der Waals surface area contributed by atoms with Gasteiger partial charge in [0.25, 0.3) is 0 Å². The summed E-state index contributed by atoms with van der Waals surface area (Å²) in [6.07, 6.45) is 5.49.